The molecule has 5 heteroatoms. The van der Waals surface area contributed by atoms with E-state index in [1.165, 1.54) is 0 Å². The summed E-state index contributed by atoms with van der Waals surface area (Å²) in [5.74, 6) is 0.400. The van der Waals surface area contributed by atoms with E-state index in [2.05, 4.69) is 10.5 Å². The Bertz CT molecular complexity index is 462. The molecule has 0 aliphatic rings. The Morgan fingerprint density at radius 3 is 2.61 bits per heavy atom. The number of nitrogens with zero attached hydrogens (tertiary/aromatic N) is 1. The van der Waals surface area contributed by atoms with Crippen LogP contribution in [0.3, 0.4) is 0 Å². The topological polar surface area (TPSA) is 70.9 Å². The van der Waals surface area contributed by atoms with Gasteiger partial charge in [-0.3, -0.25) is 0 Å². The summed E-state index contributed by atoms with van der Waals surface area (Å²) in [5, 5.41) is 14.5. The molecular weight excluding hydrogens is 232 g/mol. The second kappa shape index (κ2) is 5.53. The number of oxime groups is 1. The van der Waals surface area contributed by atoms with Crippen LogP contribution in [0, 0.1) is 0 Å². The zero-order valence-corrected chi connectivity index (χ0v) is 11.0. The van der Waals surface area contributed by atoms with E-state index in [0.717, 1.165) is 0 Å². The molecule has 1 amide bonds. The van der Waals surface area contributed by atoms with Crippen molar-refractivity contribution in [2.45, 2.75) is 33.2 Å². The smallest absolute Gasteiger partial charge is 0.411 e. The number of ether oxygens (including phenoxy) is 1. The first kappa shape index (κ1) is 14.0. The van der Waals surface area contributed by atoms with E-state index >= 15 is 0 Å². The molecule has 0 saturated heterocycles. The Labute approximate surface area is 106 Å². The minimum atomic E-state index is -0.516. The highest BCUT2D eigenvalue weighted by Gasteiger charge is 2.15. The van der Waals surface area contributed by atoms with Crippen LogP contribution in [-0.2, 0) is 0 Å². The number of hydrogen-bond donors (Lipinski definition) is 2. The van der Waals surface area contributed by atoms with Crippen molar-refractivity contribution in [3.63, 3.8) is 0 Å². The summed E-state index contributed by atoms with van der Waals surface area (Å²) in [5.41, 5.74) is 0.798. The zero-order chi connectivity index (χ0) is 13.8. The third-order valence-electron chi connectivity index (χ3n) is 2.09. The number of nitrogens with one attached hydrogen (secondary N) is 1. The third kappa shape index (κ3) is 4.45. The highest BCUT2D eigenvalue weighted by Crippen LogP contribution is 2.14. The number of carbonyl (C=O) groups excluding carboxylic acids is 1. The van der Waals surface area contributed by atoms with Gasteiger partial charge in [0, 0.05) is 11.1 Å². The van der Waals surface area contributed by atoms with Gasteiger partial charge in [-0.1, -0.05) is 17.3 Å². The van der Waals surface area contributed by atoms with Crippen molar-refractivity contribution < 1.29 is 14.7 Å². The van der Waals surface area contributed by atoms with E-state index < -0.39 is 6.09 Å². The van der Waals surface area contributed by atoms with Crippen molar-refractivity contribution in [3.8, 4) is 5.75 Å². The molecule has 98 valence electrons. The van der Waals surface area contributed by atoms with Crippen LogP contribution >= 0.6 is 0 Å². The van der Waals surface area contributed by atoms with Crippen LogP contribution in [0.15, 0.2) is 29.4 Å². The monoisotopic (exact) mass is 250 g/mol. The standard InChI is InChI=1S/C13H18N2O3/c1-9(15-17)10-6-5-7-11(8-10)18-12(16)14-13(2,3)4/h5-8,17H,1-4H3,(H,14,16)/b15-9+. The maximum atomic E-state index is 11.6. The first-order valence-electron chi connectivity index (χ1n) is 5.61. The molecular formula is C13H18N2O3. The summed E-state index contributed by atoms with van der Waals surface area (Å²) in [6.45, 7) is 7.27. The van der Waals surface area contributed by atoms with Crippen LogP contribution in [0.1, 0.15) is 33.3 Å². The molecule has 0 atom stereocenters. The lowest BCUT2D eigenvalue weighted by atomic mass is 10.1. The molecule has 1 rings (SSSR count). The number of carbonyl (C=O) groups is 1. The van der Waals surface area contributed by atoms with Crippen molar-refractivity contribution in [2.75, 3.05) is 0 Å². The quantitative estimate of drug-likeness (QED) is 0.481. The summed E-state index contributed by atoms with van der Waals surface area (Å²) >= 11 is 0. The van der Waals surface area contributed by atoms with Crippen LogP contribution in [0.5, 0.6) is 5.75 Å². The Hall–Kier alpha value is -2.04. The van der Waals surface area contributed by atoms with Crippen molar-refractivity contribution in [2.24, 2.45) is 5.16 Å². The SMILES string of the molecule is C/C(=N\O)c1cccc(OC(=O)NC(C)(C)C)c1. The Morgan fingerprint density at radius 2 is 2.06 bits per heavy atom. The van der Waals surface area contributed by atoms with E-state index in [-0.39, 0.29) is 5.54 Å². The van der Waals surface area contributed by atoms with Gasteiger partial charge in [0.05, 0.1) is 5.71 Å². The van der Waals surface area contributed by atoms with E-state index in [4.69, 9.17) is 9.94 Å². The van der Waals surface area contributed by atoms with E-state index in [0.29, 0.717) is 17.0 Å². The molecule has 0 bridgehead atoms. The van der Waals surface area contributed by atoms with Gasteiger partial charge in [0.2, 0.25) is 0 Å². The van der Waals surface area contributed by atoms with Gasteiger partial charge in [-0.05, 0) is 39.8 Å². The third-order valence-corrected chi connectivity index (χ3v) is 2.09. The van der Waals surface area contributed by atoms with E-state index in [1.807, 2.05) is 20.8 Å². The van der Waals surface area contributed by atoms with Crippen LogP contribution < -0.4 is 10.1 Å². The fourth-order valence-corrected chi connectivity index (χ4v) is 1.28. The summed E-state index contributed by atoms with van der Waals surface area (Å²) in [6.07, 6.45) is -0.516. The Kier molecular flexibility index (Phi) is 4.31. The van der Waals surface area contributed by atoms with Crippen molar-refractivity contribution in [1.82, 2.24) is 5.32 Å². The summed E-state index contributed by atoms with van der Waals surface area (Å²) < 4.78 is 5.14. The molecule has 0 aromatic heterocycles. The molecule has 0 aliphatic heterocycles. The fourth-order valence-electron chi connectivity index (χ4n) is 1.28. The molecule has 0 fully saturated rings. The number of rotatable bonds is 2. The van der Waals surface area contributed by atoms with Crippen LogP contribution in [0.4, 0.5) is 4.79 Å². The average molecular weight is 250 g/mol. The van der Waals surface area contributed by atoms with Gasteiger partial charge in [0.25, 0.3) is 0 Å². The lowest BCUT2D eigenvalue weighted by Crippen LogP contribution is -2.42. The highest BCUT2D eigenvalue weighted by atomic mass is 16.6. The minimum Gasteiger partial charge on any atom is -0.411 e. The zero-order valence-electron chi connectivity index (χ0n) is 11.0. The average Bonchev–Trinajstić information content (AvgIpc) is 2.25. The Morgan fingerprint density at radius 1 is 1.39 bits per heavy atom. The lowest BCUT2D eigenvalue weighted by Gasteiger charge is -2.19. The summed E-state index contributed by atoms with van der Waals surface area (Å²) in [7, 11) is 0. The van der Waals surface area contributed by atoms with E-state index in [1.54, 1.807) is 31.2 Å². The van der Waals surface area contributed by atoms with Gasteiger partial charge >= 0.3 is 6.09 Å². The molecule has 0 aliphatic carbocycles. The highest BCUT2D eigenvalue weighted by molar-refractivity contribution is 5.98. The molecule has 1 aromatic carbocycles. The molecule has 0 spiro atoms. The molecule has 18 heavy (non-hydrogen) atoms. The molecule has 0 radical (unpaired) electrons. The largest absolute Gasteiger partial charge is 0.413 e. The summed E-state index contributed by atoms with van der Waals surface area (Å²) in [4.78, 5) is 11.6. The van der Waals surface area contributed by atoms with Gasteiger partial charge in [-0.2, -0.15) is 0 Å². The van der Waals surface area contributed by atoms with Gasteiger partial charge < -0.3 is 15.3 Å². The fraction of sp³-hybridized carbons (Fsp3) is 0.385. The van der Waals surface area contributed by atoms with Crippen molar-refractivity contribution >= 4 is 11.8 Å². The molecule has 0 unspecified atom stereocenters. The van der Waals surface area contributed by atoms with Gasteiger partial charge in [0.1, 0.15) is 5.75 Å². The molecule has 5 nitrogen and oxygen atoms in total. The van der Waals surface area contributed by atoms with Gasteiger partial charge in [0.15, 0.2) is 0 Å². The number of benzene rings is 1. The van der Waals surface area contributed by atoms with Crippen LogP contribution in [0.2, 0.25) is 0 Å². The Balaban J connectivity index is 2.77. The second-order valence-corrected chi connectivity index (χ2v) is 4.98. The molecule has 2 N–H and O–H groups in total. The molecule has 1 aromatic rings. The number of hydrogen-bond acceptors (Lipinski definition) is 4. The predicted molar refractivity (Wildman–Crippen MR) is 69.4 cm³/mol. The van der Waals surface area contributed by atoms with Crippen molar-refractivity contribution in [1.29, 1.82) is 0 Å². The molecule has 0 saturated carbocycles. The predicted octanol–water partition coefficient (Wildman–Crippen LogP) is 2.77. The first-order chi connectivity index (χ1) is 8.31. The van der Waals surface area contributed by atoms with Gasteiger partial charge in [-0.25, -0.2) is 4.79 Å². The maximum absolute atomic E-state index is 11.6. The van der Waals surface area contributed by atoms with Crippen molar-refractivity contribution in [3.05, 3.63) is 29.8 Å². The number of amides is 1. The van der Waals surface area contributed by atoms with Crippen LogP contribution in [-0.4, -0.2) is 22.6 Å². The summed E-state index contributed by atoms with van der Waals surface area (Å²) in [6, 6.07) is 6.79. The minimum absolute atomic E-state index is 0.350. The normalized spacial score (nSPS) is 12.1. The first-order valence-corrected chi connectivity index (χ1v) is 5.61. The van der Waals surface area contributed by atoms with E-state index in [9.17, 15) is 4.79 Å². The maximum Gasteiger partial charge on any atom is 0.413 e. The lowest BCUT2D eigenvalue weighted by molar-refractivity contribution is 0.190. The second-order valence-electron chi connectivity index (χ2n) is 4.98. The molecule has 0 heterocycles. The van der Waals surface area contributed by atoms with Gasteiger partial charge in [-0.15, -0.1) is 0 Å². The van der Waals surface area contributed by atoms with Crippen LogP contribution in [0.25, 0.3) is 0 Å².